The monoisotopic (exact) mass is 371 g/mol. The maximum absolute atomic E-state index is 12.8. The van der Waals surface area contributed by atoms with Crippen LogP contribution in [-0.4, -0.2) is 25.1 Å². The Morgan fingerprint density at radius 2 is 2.04 bits per heavy atom. The number of nitrogens with zero attached hydrogens (tertiary/aromatic N) is 3. The molecule has 0 saturated heterocycles. The lowest BCUT2D eigenvalue weighted by molar-refractivity contribution is -0.137. The molecule has 0 saturated carbocycles. The fraction of sp³-hybridized carbons (Fsp3) is 0.375. The third-order valence-corrected chi connectivity index (χ3v) is 4.95. The molecular weight excluding hydrogens is 355 g/mol. The average molecular weight is 371 g/mol. The first-order valence-electron chi connectivity index (χ1n) is 7.44. The quantitative estimate of drug-likeness (QED) is 0.598. The van der Waals surface area contributed by atoms with Crippen molar-refractivity contribution in [3.63, 3.8) is 0 Å². The van der Waals surface area contributed by atoms with Crippen molar-refractivity contribution in [3.05, 3.63) is 41.5 Å². The highest BCUT2D eigenvalue weighted by molar-refractivity contribution is 7.91. The molecule has 0 radical (unpaired) electrons. The molecular formula is C16H16F3N3O2S. The van der Waals surface area contributed by atoms with Crippen molar-refractivity contribution >= 4 is 17.6 Å². The van der Waals surface area contributed by atoms with Crippen LogP contribution < -0.4 is 4.74 Å². The maximum Gasteiger partial charge on any atom is 0.416 e. The van der Waals surface area contributed by atoms with Crippen LogP contribution in [0.4, 0.5) is 13.2 Å². The van der Waals surface area contributed by atoms with Gasteiger partial charge in [0.1, 0.15) is 46.7 Å². The molecule has 1 aromatic heterocycles. The number of rotatable bonds is 2. The molecule has 1 atom stereocenters. The Balaban J connectivity index is 1.93. The van der Waals surface area contributed by atoms with E-state index in [-0.39, 0.29) is 12.4 Å². The topological polar surface area (TPSA) is 62.5 Å². The number of imidazole rings is 1. The van der Waals surface area contributed by atoms with Crippen molar-refractivity contribution in [1.82, 2.24) is 9.55 Å². The molecule has 0 amide bonds. The Morgan fingerprint density at radius 3 is 2.68 bits per heavy atom. The standard InChI is InChI=1S/C16H16F3N3O2S/c1-15(2,3)25(23)21-7-11-13-8-24-14-6-10(16(17,18)19)4-5-12(14)22(13)9-20-11/h4-7,9H,8H2,1-3H3/b21-7+. The van der Waals surface area contributed by atoms with E-state index in [0.717, 1.165) is 12.1 Å². The summed E-state index contributed by atoms with van der Waals surface area (Å²) < 4.78 is 61.1. The highest BCUT2D eigenvalue weighted by atomic mass is 32.2. The molecule has 0 fully saturated rings. The van der Waals surface area contributed by atoms with Crippen LogP contribution in [0.1, 0.15) is 37.7 Å². The zero-order chi connectivity index (χ0) is 18.4. The first kappa shape index (κ1) is 17.8. The zero-order valence-electron chi connectivity index (χ0n) is 13.8. The molecule has 0 aliphatic carbocycles. The van der Waals surface area contributed by atoms with E-state index in [1.54, 1.807) is 25.3 Å². The number of alkyl halides is 3. The Kier molecular flexibility index (Phi) is 4.32. The Bertz CT molecular complexity index is 825. The van der Waals surface area contributed by atoms with Crippen LogP contribution in [0, 0.1) is 0 Å². The summed E-state index contributed by atoms with van der Waals surface area (Å²) in [5, 5.41) is 0. The van der Waals surface area contributed by atoms with Gasteiger partial charge in [-0.3, -0.25) is 4.57 Å². The molecule has 2 heterocycles. The van der Waals surface area contributed by atoms with Gasteiger partial charge in [0, 0.05) is 0 Å². The van der Waals surface area contributed by atoms with E-state index in [2.05, 4.69) is 9.38 Å². The zero-order valence-corrected chi connectivity index (χ0v) is 14.6. The SMILES string of the molecule is CC(C)(C)[S+]([O-])/N=C/c1ncn2c1COc1cc(C(F)(F)F)ccc1-2. The highest BCUT2D eigenvalue weighted by Gasteiger charge is 2.32. The van der Waals surface area contributed by atoms with Crippen LogP contribution in [0.15, 0.2) is 28.9 Å². The first-order chi connectivity index (χ1) is 11.6. The fourth-order valence-electron chi connectivity index (χ4n) is 2.25. The Hall–Kier alpha value is -2.00. The first-order valence-corrected chi connectivity index (χ1v) is 8.55. The summed E-state index contributed by atoms with van der Waals surface area (Å²) in [6, 6.07) is 3.32. The molecule has 5 nitrogen and oxygen atoms in total. The summed E-state index contributed by atoms with van der Waals surface area (Å²) in [6.07, 6.45) is -1.53. The van der Waals surface area contributed by atoms with Gasteiger partial charge in [-0.05, 0) is 39.0 Å². The molecule has 3 rings (SSSR count). The number of hydrogen-bond acceptors (Lipinski definition) is 4. The van der Waals surface area contributed by atoms with E-state index in [1.807, 2.05) is 0 Å². The number of halogens is 3. The number of fused-ring (bicyclic) bond motifs is 3. The normalized spacial score (nSPS) is 15.6. The number of benzene rings is 1. The van der Waals surface area contributed by atoms with Gasteiger partial charge in [0.25, 0.3) is 0 Å². The number of ether oxygens (including phenoxy) is 1. The van der Waals surface area contributed by atoms with Crippen molar-refractivity contribution in [2.75, 3.05) is 0 Å². The summed E-state index contributed by atoms with van der Waals surface area (Å²) in [4.78, 5) is 4.20. The molecule has 134 valence electrons. The lowest BCUT2D eigenvalue weighted by Gasteiger charge is -2.21. The van der Waals surface area contributed by atoms with Crippen molar-refractivity contribution in [2.24, 2.45) is 4.40 Å². The summed E-state index contributed by atoms with van der Waals surface area (Å²) in [5.74, 6) is 0.140. The van der Waals surface area contributed by atoms with Gasteiger partial charge in [0.15, 0.2) is 0 Å². The van der Waals surface area contributed by atoms with Gasteiger partial charge < -0.3 is 9.29 Å². The van der Waals surface area contributed by atoms with E-state index in [1.165, 1.54) is 18.6 Å². The average Bonchev–Trinajstić information content (AvgIpc) is 2.93. The third kappa shape index (κ3) is 3.52. The van der Waals surface area contributed by atoms with Crippen LogP contribution >= 0.6 is 0 Å². The smallest absolute Gasteiger partial charge is 0.416 e. The predicted octanol–water partition coefficient (Wildman–Crippen LogP) is 3.66. The molecule has 25 heavy (non-hydrogen) atoms. The fourth-order valence-corrected chi connectivity index (χ4v) is 2.77. The molecule has 1 aliphatic rings. The van der Waals surface area contributed by atoms with Crippen molar-refractivity contribution in [2.45, 2.75) is 38.3 Å². The van der Waals surface area contributed by atoms with E-state index in [0.29, 0.717) is 17.1 Å². The van der Waals surface area contributed by atoms with Gasteiger partial charge in [-0.15, -0.1) is 0 Å². The van der Waals surface area contributed by atoms with Gasteiger partial charge in [-0.25, -0.2) is 4.98 Å². The number of hydrogen-bond donors (Lipinski definition) is 0. The summed E-state index contributed by atoms with van der Waals surface area (Å²) in [6.45, 7) is 5.47. The van der Waals surface area contributed by atoms with Crippen LogP contribution in [0.5, 0.6) is 5.75 Å². The predicted molar refractivity (Wildman–Crippen MR) is 88.4 cm³/mol. The van der Waals surface area contributed by atoms with Crippen molar-refractivity contribution in [1.29, 1.82) is 0 Å². The minimum atomic E-state index is -4.43. The minimum Gasteiger partial charge on any atom is -0.591 e. The number of aromatic nitrogens is 2. The van der Waals surface area contributed by atoms with Crippen LogP contribution in [0.3, 0.4) is 0 Å². The van der Waals surface area contributed by atoms with Crippen molar-refractivity contribution < 1.29 is 22.5 Å². The lowest BCUT2D eigenvalue weighted by Crippen LogP contribution is -2.26. The van der Waals surface area contributed by atoms with Crippen LogP contribution in [0.2, 0.25) is 0 Å². The maximum atomic E-state index is 12.8. The molecule has 2 aromatic rings. The molecule has 0 bridgehead atoms. The van der Waals surface area contributed by atoms with E-state index in [4.69, 9.17) is 4.74 Å². The van der Waals surface area contributed by atoms with E-state index < -0.39 is 27.8 Å². The Labute approximate surface area is 145 Å². The molecule has 0 N–H and O–H groups in total. The second-order valence-corrected chi connectivity index (χ2v) is 8.45. The lowest BCUT2D eigenvalue weighted by atomic mass is 10.1. The van der Waals surface area contributed by atoms with E-state index >= 15 is 0 Å². The van der Waals surface area contributed by atoms with Crippen LogP contribution in [-0.2, 0) is 24.1 Å². The minimum absolute atomic E-state index is 0.0534. The summed E-state index contributed by atoms with van der Waals surface area (Å²) in [5.41, 5.74) is 0.820. The summed E-state index contributed by atoms with van der Waals surface area (Å²) in [7, 11) is 0. The molecule has 0 spiro atoms. The van der Waals surface area contributed by atoms with Crippen LogP contribution in [0.25, 0.3) is 5.69 Å². The van der Waals surface area contributed by atoms with Gasteiger partial charge in [0.2, 0.25) is 0 Å². The van der Waals surface area contributed by atoms with Gasteiger partial charge in [0.05, 0.1) is 16.9 Å². The van der Waals surface area contributed by atoms with Gasteiger partial charge >= 0.3 is 6.18 Å². The second-order valence-electron chi connectivity index (χ2n) is 6.51. The van der Waals surface area contributed by atoms with Crippen molar-refractivity contribution in [3.8, 4) is 11.4 Å². The molecule has 1 unspecified atom stereocenters. The Morgan fingerprint density at radius 1 is 1.32 bits per heavy atom. The molecule has 1 aliphatic heterocycles. The van der Waals surface area contributed by atoms with Gasteiger partial charge in [-0.2, -0.15) is 13.2 Å². The summed E-state index contributed by atoms with van der Waals surface area (Å²) >= 11 is -1.43. The second kappa shape index (κ2) is 6.06. The van der Waals surface area contributed by atoms with E-state index in [9.17, 15) is 17.7 Å². The highest BCUT2D eigenvalue weighted by Crippen LogP contribution is 2.37. The third-order valence-electron chi connectivity index (χ3n) is 3.60. The molecule has 9 heteroatoms. The van der Waals surface area contributed by atoms with Gasteiger partial charge in [-0.1, -0.05) is 4.40 Å². The molecule has 1 aromatic carbocycles. The largest absolute Gasteiger partial charge is 0.591 e.